The Morgan fingerprint density at radius 2 is 2.23 bits per heavy atom. The first-order valence-electron chi connectivity index (χ1n) is 7.12. The molecule has 7 nitrogen and oxygen atoms in total. The molecule has 0 unspecified atom stereocenters. The van der Waals surface area contributed by atoms with E-state index in [9.17, 15) is 4.79 Å². The van der Waals surface area contributed by atoms with Crippen LogP contribution in [0.5, 0.6) is 0 Å². The lowest BCUT2D eigenvalue weighted by Crippen LogP contribution is -2.23. The number of anilines is 3. The molecular formula is C15H18N6O. The second-order valence-electron chi connectivity index (χ2n) is 5.15. The first kappa shape index (κ1) is 14.3. The molecular weight excluding hydrogens is 280 g/mol. The van der Waals surface area contributed by atoms with Gasteiger partial charge in [0.15, 0.2) is 0 Å². The quantitative estimate of drug-likeness (QED) is 0.588. The van der Waals surface area contributed by atoms with Crippen LogP contribution in [0.4, 0.5) is 17.5 Å². The van der Waals surface area contributed by atoms with E-state index in [1.54, 1.807) is 6.20 Å². The molecule has 1 aliphatic rings. The van der Waals surface area contributed by atoms with E-state index in [2.05, 4.69) is 20.7 Å². The average molecular weight is 298 g/mol. The van der Waals surface area contributed by atoms with E-state index in [1.807, 2.05) is 36.9 Å². The van der Waals surface area contributed by atoms with Crippen LogP contribution in [-0.4, -0.2) is 27.3 Å². The average Bonchev–Trinajstić information content (AvgIpc) is 2.87. The lowest BCUT2D eigenvalue weighted by atomic mass is 10.1. The number of aryl methyl sites for hydroxylation is 1. The third kappa shape index (κ3) is 2.35. The van der Waals surface area contributed by atoms with Gasteiger partial charge >= 0.3 is 0 Å². The summed E-state index contributed by atoms with van der Waals surface area (Å²) in [5.41, 5.74) is 5.78. The standard InChI is InChI=1S/C15H18N6O/c1-3-21-8-10-5-4-6-11(12(10)14(21)22)18-13-9(2)7-17-15(19-13)20-16/h4-7H,3,8,16H2,1-2H3,(H2,17,18,19,20). The number of nitrogens with one attached hydrogen (secondary N) is 2. The third-order valence-corrected chi connectivity index (χ3v) is 3.75. The normalized spacial score (nSPS) is 13.2. The van der Waals surface area contributed by atoms with Crippen molar-refractivity contribution in [1.29, 1.82) is 0 Å². The van der Waals surface area contributed by atoms with E-state index < -0.39 is 0 Å². The highest BCUT2D eigenvalue weighted by molar-refractivity contribution is 6.04. The van der Waals surface area contributed by atoms with E-state index in [1.165, 1.54) is 0 Å². The van der Waals surface area contributed by atoms with Crippen LogP contribution in [0.2, 0.25) is 0 Å². The molecule has 1 amide bonds. The monoisotopic (exact) mass is 298 g/mol. The summed E-state index contributed by atoms with van der Waals surface area (Å²) in [5.74, 6) is 6.34. The fourth-order valence-electron chi connectivity index (χ4n) is 2.55. The summed E-state index contributed by atoms with van der Waals surface area (Å²) in [5, 5.41) is 3.23. The maximum atomic E-state index is 12.5. The minimum absolute atomic E-state index is 0.0458. The Labute approximate surface area is 128 Å². The molecule has 114 valence electrons. The number of carbonyl (C=O) groups is 1. The molecule has 0 saturated heterocycles. The van der Waals surface area contributed by atoms with Gasteiger partial charge in [-0.15, -0.1) is 0 Å². The van der Waals surface area contributed by atoms with Crippen LogP contribution in [0.15, 0.2) is 24.4 Å². The minimum atomic E-state index is 0.0458. The number of hydrogen-bond acceptors (Lipinski definition) is 6. The number of nitrogens with zero attached hydrogens (tertiary/aromatic N) is 3. The van der Waals surface area contributed by atoms with Crippen molar-refractivity contribution in [3.63, 3.8) is 0 Å². The summed E-state index contributed by atoms with van der Waals surface area (Å²) in [4.78, 5) is 22.6. The zero-order chi connectivity index (χ0) is 15.7. The highest BCUT2D eigenvalue weighted by Crippen LogP contribution is 2.31. The Hall–Kier alpha value is -2.67. The molecule has 1 aliphatic heterocycles. The molecule has 0 bridgehead atoms. The van der Waals surface area contributed by atoms with Crippen molar-refractivity contribution in [2.75, 3.05) is 17.3 Å². The Kier molecular flexibility index (Phi) is 3.64. The fourth-order valence-corrected chi connectivity index (χ4v) is 2.55. The second-order valence-corrected chi connectivity index (χ2v) is 5.15. The number of hydrazine groups is 1. The number of nitrogen functional groups attached to an aromatic ring is 1. The lowest BCUT2D eigenvalue weighted by molar-refractivity contribution is 0.0788. The lowest BCUT2D eigenvalue weighted by Gasteiger charge is -2.13. The molecule has 4 N–H and O–H groups in total. The summed E-state index contributed by atoms with van der Waals surface area (Å²) in [6.07, 6.45) is 1.67. The number of fused-ring (bicyclic) bond motifs is 1. The number of aromatic nitrogens is 2. The summed E-state index contributed by atoms with van der Waals surface area (Å²) in [7, 11) is 0. The maximum absolute atomic E-state index is 12.5. The van der Waals surface area contributed by atoms with Crippen molar-refractivity contribution >= 4 is 23.4 Å². The van der Waals surface area contributed by atoms with Crippen LogP contribution in [-0.2, 0) is 6.54 Å². The number of hydrogen-bond donors (Lipinski definition) is 3. The molecule has 0 atom stereocenters. The second kappa shape index (κ2) is 5.61. The Balaban J connectivity index is 1.99. The van der Waals surface area contributed by atoms with Gasteiger partial charge in [-0.2, -0.15) is 4.98 Å². The van der Waals surface area contributed by atoms with Gasteiger partial charge in [-0.1, -0.05) is 12.1 Å². The molecule has 1 aromatic carbocycles. The van der Waals surface area contributed by atoms with Gasteiger partial charge in [0.25, 0.3) is 5.91 Å². The number of amides is 1. The number of rotatable bonds is 4. The summed E-state index contributed by atoms with van der Waals surface area (Å²) in [6, 6.07) is 5.80. The van der Waals surface area contributed by atoms with Gasteiger partial charge < -0.3 is 10.2 Å². The molecule has 0 aliphatic carbocycles. The first-order valence-corrected chi connectivity index (χ1v) is 7.12. The van der Waals surface area contributed by atoms with Crippen molar-refractivity contribution in [2.45, 2.75) is 20.4 Å². The van der Waals surface area contributed by atoms with Crippen LogP contribution in [0.25, 0.3) is 0 Å². The van der Waals surface area contributed by atoms with Gasteiger partial charge in [-0.25, -0.2) is 10.8 Å². The highest BCUT2D eigenvalue weighted by Gasteiger charge is 2.28. The molecule has 0 radical (unpaired) electrons. The van der Waals surface area contributed by atoms with Crippen LogP contribution < -0.4 is 16.6 Å². The van der Waals surface area contributed by atoms with E-state index in [-0.39, 0.29) is 5.91 Å². The Morgan fingerprint density at radius 1 is 1.41 bits per heavy atom. The van der Waals surface area contributed by atoms with Crippen molar-refractivity contribution in [3.8, 4) is 0 Å². The van der Waals surface area contributed by atoms with Crippen molar-refractivity contribution in [3.05, 3.63) is 41.1 Å². The van der Waals surface area contributed by atoms with E-state index in [0.29, 0.717) is 30.4 Å². The van der Waals surface area contributed by atoms with E-state index >= 15 is 0 Å². The highest BCUT2D eigenvalue weighted by atomic mass is 16.2. The van der Waals surface area contributed by atoms with Crippen molar-refractivity contribution < 1.29 is 4.79 Å². The van der Waals surface area contributed by atoms with Crippen molar-refractivity contribution in [1.82, 2.24) is 14.9 Å². The van der Waals surface area contributed by atoms with Crippen LogP contribution >= 0.6 is 0 Å². The van der Waals surface area contributed by atoms with Crippen LogP contribution in [0.3, 0.4) is 0 Å². The molecule has 2 heterocycles. The number of nitrogens with two attached hydrogens (primary N) is 1. The van der Waals surface area contributed by atoms with Gasteiger partial charge in [0.05, 0.1) is 11.3 Å². The topological polar surface area (TPSA) is 96.2 Å². The Morgan fingerprint density at radius 3 is 2.95 bits per heavy atom. The summed E-state index contributed by atoms with van der Waals surface area (Å²) < 4.78 is 0. The van der Waals surface area contributed by atoms with Crippen molar-refractivity contribution in [2.24, 2.45) is 5.84 Å². The predicted octanol–water partition coefficient (Wildman–Crippen LogP) is 1.79. The minimum Gasteiger partial charge on any atom is -0.339 e. The smallest absolute Gasteiger partial charge is 0.256 e. The summed E-state index contributed by atoms with van der Waals surface area (Å²) in [6.45, 7) is 5.22. The van der Waals surface area contributed by atoms with Gasteiger partial charge in [0.2, 0.25) is 5.95 Å². The molecule has 2 aromatic rings. The molecule has 3 rings (SSSR count). The van der Waals surface area contributed by atoms with E-state index in [0.717, 1.165) is 16.8 Å². The SMILES string of the molecule is CCN1Cc2cccc(Nc3nc(NN)ncc3C)c2C1=O. The Bertz CT molecular complexity index is 730. The largest absolute Gasteiger partial charge is 0.339 e. The first-order chi connectivity index (χ1) is 10.6. The third-order valence-electron chi connectivity index (χ3n) is 3.75. The number of carbonyl (C=O) groups excluding carboxylic acids is 1. The van der Waals surface area contributed by atoms with Gasteiger partial charge in [0.1, 0.15) is 5.82 Å². The van der Waals surface area contributed by atoms with Gasteiger partial charge in [-0.05, 0) is 25.5 Å². The predicted molar refractivity (Wildman–Crippen MR) is 84.7 cm³/mol. The van der Waals surface area contributed by atoms with Gasteiger partial charge in [-0.3, -0.25) is 10.2 Å². The van der Waals surface area contributed by atoms with Crippen LogP contribution in [0, 0.1) is 6.92 Å². The molecule has 0 spiro atoms. The van der Waals surface area contributed by atoms with E-state index in [4.69, 9.17) is 5.84 Å². The maximum Gasteiger partial charge on any atom is 0.256 e. The molecule has 7 heteroatoms. The van der Waals surface area contributed by atoms with Gasteiger partial charge in [0, 0.05) is 24.8 Å². The molecule has 0 fully saturated rings. The molecule has 1 aromatic heterocycles. The zero-order valence-electron chi connectivity index (χ0n) is 12.6. The molecule has 22 heavy (non-hydrogen) atoms. The summed E-state index contributed by atoms with van der Waals surface area (Å²) >= 11 is 0. The molecule has 0 saturated carbocycles. The van der Waals surface area contributed by atoms with Crippen LogP contribution in [0.1, 0.15) is 28.4 Å². The zero-order valence-corrected chi connectivity index (χ0v) is 12.6. The fraction of sp³-hybridized carbons (Fsp3) is 0.267. The number of benzene rings is 1.